The number of aromatic nitrogens is 2. The Bertz CT molecular complexity index is 1240. The largest absolute Gasteiger partial charge is 0.493 e. The summed E-state index contributed by atoms with van der Waals surface area (Å²) in [6.45, 7) is 3.57. The van der Waals surface area contributed by atoms with Gasteiger partial charge in [-0.15, -0.1) is 0 Å². The third-order valence-corrected chi connectivity index (χ3v) is 5.36. The second kappa shape index (κ2) is 10.7. The van der Waals surface area contributed by atoms with Crippen molar-refractivity contribution in [2.75, 3.05) is 20.3 Å². The van der Waals surface area contributed by atoms with Gasteiger partial charge in [0.15, 0.2) is 18.1 Å². The Labute approximate surface area is 201 Å². The summed E-state index contributed by atoms with van der Waals surface area (Å²) >= 11 is 6.82. The molecule has 0 radical (unpaired) electrons. The maximum atomic E-state index is 13.1. The van der Waals surface area contributed by atoms with Crippen LogP contribution >= 0.6 is 31.9 Å². The predicted octanol–water partition coefficient (Wildman–Crippen LogP) is 4.32. The molecule has 3 rings (SSSR count). The number of halogens is 2. The normalized spacial score (nSPS) is 11.2. The van der Waals surface area contributed by atoms with Crippen molar-refractivity contribution >= 4 is 54.9 Å². The molecule has 0 saturated carbocycles. The van der Waals surface area contributed by atoms with Crippen molar-refractivity contribution in [3.63, 3.8) is 0 Å². The van der Waals surface area contributed by atoms with Gasteiger partial charge < -0.3 is 14.2 Å². The van der Waals surface area contributed by atoms with E-state index in [0.29, 0.717) is 44.7 Å². The first-order valence-electron chi connectivity index (χ1n) is 9.79. The molecule has 0 saturated heterocycles. The topological polar surface area (TPSA) is 92.0 Å². The number of rotatable bonds is 8. The third-order valence-electron chi connectivity index (χ3n) is 4.41. The molecule has 1 heterocycles. The molecule has 1 aromatic heterocycles. The van der Waals surface area contributed by atoms with E-state index in [1.165, 1.54) is 18.0 Å². The van der Waals surface area contributed by atoms with Crippen LogP contribution in [-0.2, 0) is 16.0 Å². The van der Waals surface area contributed by atoms with Crippen LogP contribution in [0, 0.1) is 0 Å². The average molecular weight is 567 g/mol. The molecule has 0 unspecified atom stereocenters. The summed E-state index contributed by atoms with van der Waals surface area (Å²) in [7, 11) is 1.49. The lowest BCUT2D eigenvalue weighted by molar-refractivity contribution is -0.145. The second-order valence-corrected chi connectivity index (χ2v) is 8.36. The number of benzene rings is 2. The number of nitrogens with zero attached hydrogens (tertiary/aromatic N) is 3. The van der Waals surface area contributed by atoms with E-state index >= 15 is 0 Å². The Morgan fingerprint density at radius 1 is 1.19 bits per heavy atom. The summed E-state index contributed by atoms with van der Waals surface area (Å²) in [4.78, 5) is 29.4. The highest BCUT2D eigenvalue weighted by Gasteiger charge is 2.15. The smallest absolute Gasteiger partial charge is 0.344 e. The number of ether oxygens (including phenoxy) is 3. The first kappa shape index (κ1) is 23.9. The standard InChI is InChI=1S/C22H21Br2N3O5/c1-4-19-26-17-7-6-14(23)9-16(17)22(29)27(19)25-11-13-8-15(24)10-18(30-3)21(13)32-12-20(28)31-5-2/h6-11H,4-5,12H2,1-3H3. The lowest BCUT2D eigenvalue weighted by Gasteiger charge is -2.14. The van der Waals surface area contributed by atoms with Crippen LogP contribution in [0.3, 0.4) is 0 Å². The molecular weight excluding hydrogens is 546 g/mol. The summed E-state index contributed by atoms with van der Waals surface area (Å²) in [5.41, 5.74) is 0.813. The number of hydrogen-bond donors (Lipinski definition) is 0. The van der Waals surface area contributed by atoms with Crippen LogP contribution in [0.5, 0.6) is 11.5 Å². The average Bonchev–Trinajstić information content (AvgIpc) is 2.77. The Balaban J connectivity index is 2.08. The molecule has 0 atom stereocenters. The van der Waals surface area contributed by atoms with Gasteiger partial charge in [0, 0.05) is 20.9 Å². The molecule has 0 aliphatic rings. The lowest BCUT2D eigenvalue weighted by atomic mass is 10.2. The van der Waals surface area contributed by atoms with Crippen molar-refractivity contribution in [3.8, 4) is 11.5 Å². The SMILES string of the molecule is CCOC(=O)COc1c(C=Nn2c(CC)nc3ccc(Br)cc3c2=O)cc(Br)cc1OC. The highest BCUT2D eigenvalue weighted by Crippen LogP contribution is 2.34. The van der Waals surface area contributed by atoms with Crippen LogP contribution in [0.15, 0.2) is 49.2 Å². The fourth-order valence-electron chi connectivity index (χ4n) is 2.99. The molecule has 0 bridgehead atoms. The summed E-state index contributed by atoms with van der Waals surface area (Å²) in [6.07, 6.45) is 1.98. The maximum absolute atomic E-state index is 13.1. The Hall–Kier alpha value is -2.72. The number of hydrogen-bond acceptors (Lipinski definition) is 7. The summed E-state index contributed by atoms with van der Waals surface area (Å²) < 4.78 is 18.7. The van der Waals surface area contributed by atoms with Gasteiger partial charge in [0.05, 0.1) is 30.8 Å². The van der Waals surface area contributed by atoms with E-state index in [2.05, 4.69) is 41.9 Å². The van der Waals surface area contributed by atoms with Crippen molar-refractivity contribution in [2.24, 2.45) is 5.10 Å². The molecule has 32 heavy (non-hydrogen) atoms. The van der Waals surface area contributed by atoms with Crippen molar-refractivity contribution < 1.29 is 19.0 Å². The molecule has 0 aliphatic heterocycles. The van der Waals surface area contributed by atoms with Crippen LogP contribution in [0.25, 0.3) is 10.9 Å². The molecule has 3 aromatic rings. The van der Waals surface area contributed by atoms with Gasteiger partial charge >= 0.3 is 5.97 Å². The van der Waals surface area contributed by atoms with Crippen LogP contribution in [-0.4, -0.2) is 42.2 Å². The van der Waals surface area contributed by atoms with E-state index in [1.807, 2.05) is 13.0 Å². The minimum atomic E-state index is -0.505. The molecule has 8 nitrogen and oxygen atoms in total. The zero-order chi connectivity index (χ0) is 23.3. The number of methoxy groups -OCH3 is 1. The Kier molecular flexibility index (Phi) is 8.03. The fraction of sp³-hybridized carbons (Fsp3) is 0.273. The van der Waals surface area contributed by atoms with Crippen molar-refractivity contribution in [1.82, 2.24) is 9.66 Å². The molecule has 2 aromatic carbocycles. The van der Waals surface area contributed by atoms with Gasteiger partial charge in [-0.2, -0.15) is 9.78 Å². The summed E-state index contributed by atoms with van der Waals surface area (Å²) in [5, 5.41) is 4.84. The van der Waals surface area contributed by atoms with Gasteiger partial charge in [-0.1, -0.05) is 38.8 Å². The lowest BCUT2D eigenvalue weighted by Crippen LogP contribution is -2.22. The van der Waals surface area contributed by atoms with E-state index in [4.69, 9.17) is 14.2 Å². The molecule has 0 fully saturated rings. The summed E-state index contributed by atoms with van der Waals surface area (Å²) in [5.74, 6) is 0.704. The van der Waals surface area contributed by atoms with Gasteiger partial charge in [-0.3, -0.25) is 4.79 Å². The van der Waals surface area contributed by atoms with Gasteiger partial charge in [0.1, 0.15) is 5.82 Å². The van der Waals surface area contributed by atoms with Gasteiger partial charge in [-0.05, 0) is 37.3 Å². The minimum absolute atomic E-state index is 0.252. The van der Waals surface area contributed by atoms with Crippen LogP contribution in [0.4, 0.5) is 0 Å². The molecule has 0 amide bonds. The van der Waals surface area contributed by atoms with E-state index in [0.717, 1.165) is 4.47 Å². The van der Waals surface area contributed by atoms with E-state index in [-0.39, 0.29) is 18.8 Å². The van der Waals surface area contributed by atoms with Crippen LogP contribution in [0.2, 0.25) is 0 Å². The molecule has 0 spiro atoms. The number of aryl methyl sites for hydroxylation is 1. The van der Waals surface area contributed by atoms with Crippen molar-refractivity contribution in [3.05, 3.63) is 61.0 Å². The predicted molar refractivity (Wildman–Crippen MR) is 129 cm³/mol. The van der Waals surface area contributed by atoms with E-state index < -0.39 is 5.97 Å². The van der Waals surface area contributed by atoms with E-state index in [9.17, 15) is 9.59 Å². The fourth-order valence-corrected chi connectivity index (χ4v) is 3.80. The third kappa shape index (κ3) is 5.36. The number of fused-ring (bicyclic) bond motifs is 1. The zero-order valence-corrected chi connectivity index (χ0v) is 20.9. The molecule has 0 N–H and O–H groups in total. The van der Waals surface area contributed by atoms with Crippen LogP contribution in [0.1, 0.15) is 25.2 Å². The molecule has 168 valence electrons. The monoisotopic (exact) mass is 565 g/mol. The van der Waals surface area contributed by atoms with Gasteiger partial charge in [0.2, 0.25) is 0 Å². The van der Waals surface area contributed by atoms with Crippen molar-refractivity contribution in [1.29, 1.82) is 0 Å². The molecular formula is C22H21Br2N3O5. The number of esters is 1. The highest BCUT2D eigenvalue weighted by atomic mass is 79.9. The quantitative estimate of drug-likeness (QED) is 0.298. The zero-order valence-electron chi connectivity index (χ0n) is 17.7. The number of carbonyl (C=O) groups excluding carboxylic acids is 1. The van der Waals surface area contributed by atoms with E-state index in [1.54, 1.807) is 31.2 Å². The van der Waals surface area contributed by atoms with Crippen LogP contribution < -0.4 is 15.0 Å². The second-order valence-electron chi connectivity index (χ2n) is 6.52. The molecule has 0 aliphatic carbocycles. The first-order chi connectivity index (χ1) is 15.4. The first-order valence-corrected chi connectivity index (χ1v) is 11.4. The highest BCUT2D eigenvalue weighted by molar-refractivity contribution is 9.10. The van der Waals surface area contributed by atoms with Crippen molar-refractivity contribution in [2.45, 2.75) is 20.3 Å². The minimum Gasteiger partial charge on any atom is -0.493 e. The summed E-state index contributed by atoms with van der Waals surface area (Å²) in [6, 6.07) is 8.79. The maximum Gasteiger partial charge on any atom is 0.344 e. The molecule has 10 heteroatoms. The van der Waals surface area contributed by atoms with Gasteiger partial charge in [0.25, 0.3) is 5.56 Å². The van der Waals surface area contributed by atoms with Gasteiger partial charge in [-0.25, -0.2) is 9.78 Å². The Morgan fingerprint density at radius 3 is 2.66 bits per heavy atom. The number of carbonyl (C=O) groups is 1. The Morgan fingerprint density at radius 2 is 1.97 bits per heavy atom.